The number of hydrogen-bond acceptors (Lipinski definition) is 3. The van der Waals surface area contributed by atoms with Crippen LogP contribution in [0.4, 0.5) is 4.39 Å². The number of amides is 1. The van der Waals surface area contributed by atoms with Crippen molar-refractivity contribution in [2.45, 2.75) is 26.8 Å². The van der Waals surface area contributed by atoms with Crippen molar-refractivity contribution in [2.24, 2.45) is 5.73 Å². The summed E-state index contributed by atoms with van der Waals surface area (Å²) in [6.07, 6.45) is 4.31. The summed E-state index contributed by atoms with van der Waals surface area (Å²) in [6, 6.07) is 13.7. The number of carbonyl (C=O) groups excluding carboxylic acids is 1. The van der Waals surface area contributed by atoms with E-state index in [0.29, 0.717) is 28.3 Å². The molecule has 0 aliphatic heterocycles. The summed E-state index contributed by atoms with van der Waals surface area (Å²) < 4.78 is 19.8. The van der Waals surface area contributed by atoms with Gasteiger partial charge in [0.15, 0.2) is 0 Å². The highest BCUT2D eigenvalue weighted by Crippen LogP contribution is 2.23. The minimum atomic E-state index is -0.412. The molecule has 2 aromatic rings. The van der Waals surface area contributed by atoms with E-state index >= 15 is 0 Å². The zero-order valence-electron chi connectivity index (χ0n) is 15.0. The summed E-state index contributed by atoms with van der Waals surface area (Å²) in [5, 5.41) is 2.70. The first kappa shape index (κ1) is 19.2. The molecule has 0 heterocycles. The molecule has 0 aliphatic rings. The highest BCUT2D eigenvalue weighted by Gasteiger charge is 2.11. The number of halogens is 1. The molecule has 0 unspecified atom stereocenters. The monoisotopic (exact) mass is 354 g/mol. The predicted octanol–water partition coefficient (Wildman–Crippen LogP) is 4.43. The number of carbonyl (C=O) groups is 1. The second-order valence-electron chi connectivity index (χ2n) is 5.76. The van der Waals surface area contributed by atoms with E-state index in [2.05, 4.69) is 5.32 Å². The fraction of sp³-hybridized carbons (Fsp3) is 0.190. The highest BCUT2D eigenvalue weighted by molar-refractivity contribution is 5.96. The molecule has 0 atom stereocenters. The minimum absolute atomic E-state index is 0.0351. The average molecular weight is 354 g/mol. The molecule has 0 saturated heterocycles. The molecule has 3 N–H and O–H groups in total. The number of para-hydroxylation sites is 1. The van der Waals surface area contributed by atoms with Crippen LogP contribution < -0.4 is 15.8 Å². The van der Waals surface area contributed by atoms with Gasteiger partial charge in [-0.15, -0.1) is 0 Å². The van der Waals surface area contributed by atoms with Crippen molar-refractivity contribution in [3.8, 4) is 11.5 Å². The number of nitrogens with one attached hydrogen (secondary N) is 1. The first-order valence-electron chi connectivity index (χ1n) is 8.43. The molecular formula is C21H23FN2O2. The lowest BCUT2D eigenvalue weighted by molar-refractivity contribution is -0.117. The van der Waals surface area contributed by atoms with Crippen LogP contribution in [0.5, 0.6) is 11.5 Å². The van der Waals surface area contributed by atoms with Crippen molar-refractivity contribution in [3.63, 3.8) is 0 Å². The molecule has 0 aliphatic carbocycles. The average Bonchev–Trinajstić information content (AvgIpc) is 2.63. The Hall–Kier alpha value is -3.08. The van der Waals surface area contributed by atoms with Gasteiger partial charge < -0.3 is 15.8 Å². The van der Waals surface area contributed by atoms with Gasteiger partial charge in [0.25, 0.3) is 5.91 Å². The maximum absolute atomic E-state index is 14.1. The molecule has 0 saturated carbocycles. The summed E-state index contributed by atoms with van der Waals surface area (Å²) in [6.45, 7) is 3.66. The van der Waals surface area contributed by atoms with Crippen LogP contribution in [0.3, 0.4) is 0 Å². The Kier molecular flexibility index (Phi) is 6.97. The zero-order valence-corrected chi connectivity index (χ0v) is 15.0. The number of nitrogens with two attached hydrogens (primary N) is 1. The standard InChI is InChI=1S/C21H23FN2O2/c1-3-4-10-19(15(2)23)21(25)24-14-16-13-18(11-12-20(16)22)26-17-8-6-5-7-9-17/h4-13H,3,14,23H2,1-2H3,(H,24,25)/b10-4-,19-15-. The quantitative estimate of drug-likeness (QED) is 0.571. The summed E-state index contributed by atoms with van der Waals surface area (Å²) >= 11 is 0. The van der Waals surface area contributed by atoms with Gasteiger partial charge in [-0.3, -0.25) is 4.79 Å². The van der Waals surface area contributed by atoms with E-state index in [1.807, 2.05) is 43.3 Å². The van der Waals surface area contributed by atoms with Crippen LogP contribution in [0.15, 0.2) is 72.0 Å². The SMILES string of the molecule is CC/C=C\C(C(=O)NCc1cc(Oc2ccccc2)ccc1F)=C(/C)N. The summed E-state index contributed by atoms with van der Waals surface area (Å²) in [4.78, 5) is 12.3. The number of allylic oxidation sites excluding steroid dienone is 2. The molecule has 0 aromatic heterocycles. The van der Waals surface area contributed by atoms with E-state index in [0.717, 1.165) is 6.42 Å². The second kappa shape index (κ2) is 9.42. The van der Waals surface area contributed by atoms with Gasteiger partial charge in [0, 0.05) is 17.8 Å². The Labute approximate surface area is 153 Å². The summed E-state index contributed by atoms with van der Waals surface area (Å²) in [5.74, 6) is 0.398. The van der Waals surface area contributed by atoms with E-state index in [9.17, 15) is 9.18 Å². The van der Waals surface area contributed by atoms with E-state index in [-0.39, 0.29) is 12.5 Å². The fourth-order valence-electron chi connectivity index (χ4n) is 2.27. The van der Waals surface area contributed by atoms with E-state index in [1.54, 1.807) is 25.1 Å². The van der Waals surface area contributed by atoms with Crippen LogP contribution in [0.1, 0.15) is 25.8 Å². The lowest BCUT2D eigenvalue weighted by Crippen LogP contribution is -2.26. The first-order valence-corrected chi connectivity index (χ1v) is 8.43. The van der Waals surface area contributed by atoms with Gasteiger partial charge in [0.2, 0.25) is 0 Å². The molecule has 1 amide bonds. The number of hydrogen-bond donors (Lipinski definition) is 2. The van der Waals surface area contributed by atoms with Gasteiger partial charge in [-0.2, -0.15) is 0 Å². The van der Waals surface area contributed by atoms with Crippen molar-refractivity contribution in [1.29, 1.82) is 0 Å². The van der Waals surface area contributed by atoms with Gasteiger partial charge >= 0.3 is 0 Å². The molecule has 2 rings (SSSR count). The molecule has 0 fully saturated rings. The molecule has 2 aromatic carbocycles. The Balaban J connectivity index is 2.09. The Morgan fingerprint density at radius 2 is 1.92 bits per heavy atom. The molecule has 0 radical (unpaired) electrons. The number of benzene rings is 2. The molecule has 0 bridgehead atoms. The third kappa shape index (κ3) is 5.48. The topological polar surface area (TPSA) is 64.3 Å². The minimum Gasteiger partial charge on any atom is -0.457 e. The Morgan fingerprint density at radius 1 is 1.19 bits per heavy atom. The first-order chi connectivity index (χ1) is 12.5. The Morgan fingerprint density at radius 3 is 2.58 bits per heavy atom. The van der Waals surface area contributed by atoms with Crippen molar-refractivity contribution >= 4 is 5.91 Å². The van der Waals surface area contributed by atoms with Crippen LogP contribution in [0.2, 0.25) is 0 Å². The van der Waals surface area contributed by atoms with Gasteiger partial charge in [-0.05, 0) is 43.7 Å². The lowest BCUT2D eigenvalue weighted by Gasteiger charge is -2.11. The molecular weight excluding hydrogens is 331 g/mol. The maximum Gasteiger partial charge on any atom is 0.253 e. The van der Waals surface area contributed by atoms with Crippen LogP contribution >= 0.6 is 0 Å². The van der Waals surface area contributed by atoms with Crippen molar-refractivity contribution in [2.75, 3.05) is 0 Å². The third-order valence-corrected chi connectivity index (χ3v) is 3.63. The van der Waals surface area contributed by atoms with Gasteiger partial charge in [0.1, 0.15) is 17.3 Å². The fourth-order valence-corrected chi connectivity index (χ4v) is 2.27. The molecule has 136 valence electrons. The lowest BCUT2D eigenvalue weighted by atomic mass is 10.1. The Bertz CT molecular complexity index is 810. The largest absolute Gasteiger partial charge is 0.457 e. The van der Waals surface area contributed by atoms with E-state index < -0.39 is 5.82 Å². The molecule has 5 heteroatoms. The normalized spacial score (nSPS) is 12.0. The van der Waals surface area contributed by atoms with E-state index in [1.165, 1.54) is 6.07 Å². The third-order valence-electron chi connectivity index (χ3n) is 3.63. The zero-order chi connectivity index (χ0) is 18.9. The van der Waals surface area contributed by atoms with Crippen LogP contribution in [0, 0.1) is 5.82 Å². The van der Waals surface area contributed by atoms with Crippen molar-refractivity contribution in [3.05, 3.63) is 83.3 Å². The molecule has 4 nitrogen and oxygen atoms in total. The van der Waals surface area contributed by atoms with Gasteiger partial charge in [-0.25, -0.2) is 4.39 Å². The van der Waals surface area contributed by atoms with Crippen LogP contribution in [-0.4, -0.2) is 5.91 Å². The summed E-state index contributed by atoms with van der Waals surface area (Å²) in [7, 11) is 0. The highest BCUT2D eigenvalue weighted by atomic mass is 19.1. The summed E-state index contributed by atoms with van der Waals surface area (Å²) in [5.41, 5.74) is 6.88. The molecule has 26 heavy (non-hydrogen) atoms. The second-order valence-corrected chi connectivity index (χ2v) is 5.76. The van der Waals surface area contributed by atoms with E-state index in [4.69, 9.17) is 10.5 Å². The number of ether oxygens (including phenoxy) is 1. The van der Waals surface area contributed by atoms with Gasteiger partial charge in [-0.1, -0.05) is 37.3 Å². The molecule has 0 spiro atoms. The van der Waals surface area contributed by atoms with Crippen molar-refractivity contribution in [1.82, 2.24) is 5.32 Å². The number of rotatable bonds is 7. The van der Waals surface area contributed by atoms with Gasteiger partial charge in [0.05, 0.1) is 5.57 Å². The maximum atomic E-state index is 14.1. The smallest absolute Gasteiger partial charge is 0.253 e. The predicted molar refractivity (Wildman–Crippen MR) is 101 cm³/mol. The van der Waals surface area contributed by atoms with Crippen LogP contribution in [-0.2, 0) is 11.3 Å². The van der Waals surface area contributed by atoms with Crippen molar-refractivity contribution < 1.29 is 13.9 Å². The van der Waals surface area contributed by atoms with Crippen LogP contribution in [0.25, 0.3) is 0 Å².